The summed E-state index contributed by atoms with van der Waals surface area (Å²) in [6.07, 6.45) is 3.85. The summed E-state index contributed by atoms with van der Waals surface area (Å²) in [6.45, 7) is 8.69. The third kappa shape index (κ3) is 5.33. The second-order valence-corrected chi connectivity index (χ2v) is 6.55. The minimum absolute atomic E-state index is 0.0260. The van der Waals surface area contributed by atoms with Crippen molar-refractivity contribution in [1.82, 2.24) is 5.32 Å². The van der Waals surface area contributed by atoms with Crippen LogP contribution in [0.2, 0.25) is 0 Å². The highest BCUT2D eigenvalue weighted by Gasteiger charge is 2.26. The van der Waals surface area contributed by atoms with Crippen molar-refractivity contribution >= 4 is 11.7 Å². The molecule has 0 radical (unpaired) electrons. The summed E-state index contributed by atoms with van der Waals surface area (Å²) in [7, 11) is 0. The Morgan fingerprint density at radius 1 is 1.47 bits per heavy atom. The van der Waals surface area contributed by atoms with Crippen LogP contribution in [-0.4, -0.2) is 17.7 Å². The molecule has 1 N–H and O–H groups in total. The Hall–Kier alpha value is -0.860. The molecule has 2 unspecified atom stereocenters. The van der Waals surface area contributed by atoms with Gasteiger partial charge in [-0.25, -0.2) is 0 Å². The number of nitrogens with one attached hydrogen (secondary N) is 1. The van der Waals surface area contributed by atoms with Crippen molar-refractivity contribution in [2.24, 2.45) is 11.3 Å². The summed E-state index contributed by atoms with van der Waals surface area (Å²) in [5.74, 6) is 0.620. The smallest absolute Gasteiger partial charge is 0.220 e. The van der Waals surface area contributed by atoms with Gasteiger partial charge in [0.25, 0.3) is 0 Å². The van der Waals surface area contributed by atoms with E-state index >= 15 is 0 Å². The van der Waals surface area contributed by atoms with Crippen LogP contribution in [0.4, 0.5) is 0 Å². The summed E-state index contributed by atoms with van der Waals surface area (Å²) >= 11 is 0. The van der Waals surface area contributed by atoms with Gasteiger partial charge < -0.3 is 5.32 Å². The van der Waals surface area contributed by atoms with E-state index in [4.69, 9.17) is 0 Å². The molecule has 0 aromatic heterocycles. The minimum atomic E-state index is -0.223. The van der Waals surface area contributed by atoms with Crippen LogP contribution in [0.15, 0.2) is 0 Å². The average Bonchev–Trinajstić information content (AvgIpc) is 2.14. The van der Waals surface area contributed by atoms with Crippen LogP contribution < -0.4 is 5.32 Å². The van der Waals surface area contributed by atoms with Crippen LogP contribution in [0.1, 0.15) is 59.8 Å². The molecule has 2 atom stereocenters. The largest absolute Gasteiger partial charge is 0.346 e. The van der Waals surface area contributed by atoms with Crippen molar-refractivity contribution in [3.63, 3.8) is 0 Å². The van der Waals surface area contributed by atoms with Crippen molar-refractivity contribution in [2.75, 3.05) is 0 Å². The molecule has 1 aliphatic rings. The fourth-order valence-electron chi connectivity index (χ4n) is 2.65. The molecule has 3 heteroatoms. The fraction of sp³-hybridized carbons (Fsp3) is 0.857. The number of ketones is 1. The quantitative estimate of drug-likeness (QED) is 0.820. The molecule has 0 spiro atoms. The van der Waals surface area contributed by atoms with Gasteiger partial charge >= 0.3 is 0 Å². The Morgan fingerprint density at radius 3 is 2.65 bits per heavy atom. The van der Waals surface area contributed by atoms with E-state index in [1.165, 1.54) is 0 Å². The molecule has 0 bridgehead atoms. The molecular formula is C14H25NO2. The van der Waals surface area contributed by atoms with Crippen molar-refractivity contribution in [3.8, 4) is 0 Å². The average molecular weight is 239 g/mol. The monoisotopic (exact) mass is 239 g/mol. The Labute approximate surface area is 104 Å². The lowest BCUT2D eigenvalue weighted by Crippen LogP contribution is -2.44. The zero-order valence-corrected chi connectivity index (χ0v) is 11.5. The number of amides is 1. The van der Waals surface area contributed by atoms with Gasteiger partial charge in [-0.2, -0.15) is 0 Å². The lowest BCUT2D eigenvalue weighted by atomic mass is 9.82. The van der Waals surface area contributed by atoms with Gasteiger partial charge in [-0.05, 0) is 30.6 Å². The molecule has 98 valence electrons. The van der Waals surface area contributed by atoms with E-state index in [-0.39, 0.29) is 23.1 Å². The molecule has 3 nitrogen and oxygen atoms in total. The predicted octanol–water partition coefficient (Wildman–Crippen LogP) is 2.69. The highest BCUT2D eigenvalue weighted by atomic mass is 16.2. The highest BCUT2D eigenvalue weighted by molar-refractivity contribution is 5.90. The first kappa shape index (κ1) is 14.2. The maximum atomic E-state index is 12.0. The molecule has 1 amide bonds. The van der Waals surface area contributed by atoms with Gasteiger partial charge in [0.15, 0.2) is 5.78 Å². The first-order chi connectivity index (χ1) is 7.78. The first-order valence-corrected chi connectivity index (χ1v) is 6.60. The molecule has 1 heterocycles. The Kier molecular flexibility index (Phi) is 4.72. The number of carbonyl (C=O) groups excluding carboxylic acids is 2. The van der Waals surface area contributed by atoms with Crippen LogP contribution in [0.25, 0.3) is 0 Å². The summed E-state index contributed by atoms with van der Waals surface area (Å²) in [6, 6.07) is -0.223. The number of hydrogen-bond donors (Lipinski definition) is 1. The standard InChI is InChI=1S/C14H25NO2/c1-10(9-14(2,3)4)8-12(16)11-6-5-7-13(17)15-11/h10-11H,5-9H2,1-4H3,(H,15,17). The molecule has 0 aromatic carbocycles. The van der Waals surface area contributed by atoms with E-state index in [0.29, 0.717) is 18.8 Å². The molecule has 1 rings (SSSR count). The maximum absolute atomic E-state index is 12.0. The van der Waals surface area contributed by atoms with Crippen LogP contribution in [0.5, 0.6) is 0 Å². The van der Waals surface area contributed by atoms with Gasteiger partial charge in [0.1, 0.15) is 0 Å². The first-order valence-electron chi connectivity index (χ1n) is 6.60. The Bertz CT molecular complexity index is 291. The molecule has 1 fully saturated rings. The fourth-order valence-corrected chi connectivity index (χ4v) is 2.65. The number of Topliss-reactive ketones (excluding diaryl/α,β-unsaturated/α-hetero) is 1. The summed E-state index contributed by atoms with van der Waals surface area (Å²) in [5, 5.41) is 2.80. The lowest BCUT2D eigenvalue weighted by Gasteiger charge is -2.26. The van der Waals surface area contributed by atoms with Crippen molar-refractivity contribution in [1.29, 1.82) is 0 Å². The van der Waals surface area contributed by atoms with Gasteiger partial charge in [-0.1, -0.05) is 27.7 Å². The number of rotatable bonds is 4. The van der Waals surface area contributed by atoms with E-state index in [2.05, 4.69) is 33.0 Å². The summed E-state index contributed by atoms with van der Waals surface area (Å²) < 4.78 is 0. The van der Waals surface area contributed by atoms with Gasteiger partial charge in [0, 0.05) is 12.8 Å². The number of hydrogen-bond acceptors (Lipinski definition) is 2. The normalized spacial score (nSPS) is 23.1. The Morgan fingerprint density at radius 2 is 2.12 bits per heavy atom. The van der Waals surface area contributed by atoms with E-state index in [1.54, 1.807) is 0 Å². The van der Waals surface area contributed by atoms with E-state index < -0.39 is 0 Å². The molecule has 1 saturated heterocycles. The van der Waals surface area contributed by atoms with Gasteiger partial charge in [0.05, 0.1) is 6.04 Å². The number of piperidine rings is 1. The van der Waals surface area contributed by atoms with Gasteiger partial charge in [0.2, 0.25) is 5.91 Å². The second kappa shape index (κ2) is 5.65. The predicted molar refractivity (Wildman–Crippen MR) is 68.6 cm³/mol. The zero-order valence-electron chi connectivity index (χ0n) is 11.5. The molecule has 0 saturated carbocycles. The lowest BCUT2D eigenvalue weighted by molar-refractivity contribution is -0.130. The third-order valence-corrected chi connectivity index (χ3v) is 3.13. The Balaban J connectivity index is 2.40. The molecule has 17 heavy (non-hydrogen) atoms. The van der Waals surface area contributed by atoms with E-state index in [0.717, 1.165) is 19.3 Å². The minimum Gasteiger partial charge on any atom is -0.346 e. The molecule has 1 aliphatic heterocycles. The molecular weight excluding hydrogens is 214 g/mol. The second-order valence-electron chi connectivity index (χ2n) is 6.55. The SMILES string of the molecule is CC(CC(=O)C1CCCC(=O)N1)CC(C)(C)C. The van der Waals surface area contributed by atoms with Crippen LogP contribution in [-0.2, 0) is 9.59 Å². The van der Waals surface area contributed by atoms with Crippen LogP contribution in [0.3, 0.4) is 0 Å². The van der Waals surface area contributed by atoms with Crippen molar-refractivity contribution in [3.05, 3.63) is 0 Å². The maximum Gasteiger partial charge on any atom is 0.220 e. The van der Waals surface area contributed by atoms with Crippen LogP contribution >= 0.6 is 0 Å². The number of carbonyl (C=O) groups is 2. The molecule has 0 aromatic rings. The summed E-state index contributed by atoms with van der Waals surface area (Å²) in [4.78, 5) is 23.3. The van der Waals surface area contributed by atoms with Crippen molar-refractivity contribution in [2.45, 2.75) is 65.8 Å². The van der Waals surface area contributed by atoms with Crippen molar-refractivity contribution < 1.29 is 9.59 Å². The summed E-state index contributed by atoms with van der Waals surface area (Å²) in [5.41, 5.74) is 0.259. The third-order valence-electron chi connectivity index (χ3n) is 3.13. The zero-order chi connectivity index (χ0) is 13.1. The molecule has 0 aliphatic carbocycles. The van der Waals surface area contributed by atoms with E-state index in [9.17, 15) is 9.59 Å². The van der Waals surface area contributed by atoms with E-state index in [1.807, 2.05) is 0 Å². The van der Waals surface area contributed by atoms with Crippen LogP contribution in [0, 0.1) is 11.3 Å². The highest BCUT2D eigenvalue weighted by Crippen LogP contribution is 2.26. The topological polar surface area (TPSA) is 46.2 Å². The van der Waals surface area contributed by atoms with Gasteiger partial charge in [-0.15, -0.1) is 0 Å². The van der Waals surface area contributed by atoms with Gasteiger partial charge in [-0.3, -0.25) is 9.59 Å².